The lowest BCUT2D eigenvalue weighted by molar-refractivity contribution is 0.0865. The van der Waals surface area contributed by atoms with E-state index in [1.807, 2.05) is 12.3 Å². The average molecular weight is 623 g/mol. The molecular formula is C34H44F2N6O3. The summed E-state index contributed by atoms with van der Waals surface area (Å²) in [6.07, 6.45) is 12.9. The van der Waals surface area contributed by atoms with E-state index in [0.29, 0.717) is 29.0 Å². The van der Waals surface area contributed by atoms with Crippen LogP contribution in [0.15, 0.2) is 48.1 Å². The number of hydrogen-bond acceptors (Lipinski definition) is 8. The molecule has 9 nitrogen and oxygen atoms in total. The van der Waals surface area contributed by atoms with Gasteiger partial charge in [-0.25, -0.2) is 13.3 Å². The quantitative estimate of drug-likeness (QED) is 0.236. The lowest BCUT2D eigenvalue weighted by atomic mass is 9.90. The lowest BCUT2D eigenvalue weighted by Gasteiger charge is -2.36. The number of aliphatic hydroxyl groups excluding tert-OH is 1. The Morgan fingerprint density at radius 3 is 2.58 bits per heavy atom. The summed E-state index contributed by atoms with van der Waals surface area (Å²) in [5, 5.41) is 17.8. The molecule has 1 aliphatic carbocycles. The molecule has 4 heterocycles. The van der Waals surface area contributed by atoms with Gasteiger partial charge < -0.3 is 24.8 Å². The third-order valence-electron chi connectivity index (χ3n) is 9.29. The summed E-state index contributed by atoms with van der Waals surface area (Å²) >= 11 is 0. The van der Waals surface area contributed by atoms with Crippen LogP contribution in [0.25, 0.3) is 5.52 Å². The predicted molar refractivity (Wildman–Crippen MR) is 169 cm³/mol. The molecule has 3 unspecified atom stereocenters. The average Bonchev–Trinajstić information content (AvgIpc) is 3.33. The van der Waals surface area contributed by atoms with Crippen molar-refractivity contribution in [1.29, 1.82) is 0 Å². The van der Waals surface area contributed by atoms with E-state index in [2.05, 4.69) is 52.1 Å². The van der Waals surface area contributed by atoms with Crippen molar-refractivity contribution in [3.05, 3.63) is 65.1 Å². The summed E-state index contributed by atoms with van der Waals surface area (Å²) in [7, 11) is 2.16. The molecule has 5 rings (SSSR count). The smallest absolute Gasteiger partial charge is 0.236 e. The number of likely N-dealkylation sites (N-methyl/N-ethyl adjacent to an activating group) is 1. The number of alkyl halides is 1. The summed E-state index contributed by atoms with van der Waals surface area (Å²) in [6, 6.07) is 8.21. The molecule has 0 radical (unpaired) electrons. The first-order valence-electron chi connectivity index (χ1n) is 15.7. The van der Waals surface area contributed by atoms with Gasteiger partial charge in [0.05, 0.1) is 24.7 Å². The van der Waals surface area contributed by atoms with Crippen LogP contribution in [-0.2, 0) is 0 Å². The Kier molecular flexibility index (Phi) is 10.5. The molecule has 3 atom stereocenters. The first kappa shape index (κ1) is 32.5. The molecule has 1 saturated heterocycles. The topological polar surface area (TPSA) is 87.4 Å². The van der Waals surface area contributed by atoms with Crippen molar-refractivity contribution < 1.29 is 23.4 Å². The zero-order valence-electron chi connectivity index (χ0n) is 26.5. The fourth-order valence-electron chi connectivity index (χ4n) is 6.62. The van der Waals surface area contributed by atoms with Crippen LogP contribution in [0.3, 0.4) is 0 Å². The highest BCUT2D eigenvalue weighted by atomic mass is 19.1. The molecular weight excluding hydrogens is 578 g/mol. The Morgan fingerprint density at radius 2 is 1.91 bits per heavy atom. The molecule has 45 heavy (non-hydrogen) atoms. The predicted octanol–water partition coefficient (Wildman–Crippen LogP) is 5.18. The summed E-state index contributed by atoms with van der Waals surface area (Å²) in [6.45, 7) is 8.18. The van der Waals surface area contributed by atoms with Gasteiger partial charge in [-0.2, -0.15) is 5.10 Å². The van der Waals surface area contributed by atoms with E-state index in [1.165, 1.54) is 36.5 Å². The van der Waals surface area contributed by atoms with Crippen molar-refractivity contribution in [2.75, 3.05) is 33.3 Å². The van der Waals surface area contributed by atoms with E-state index in [9.17, 15) is 13.9 Å². The van der Waals surface area contributed by atoms with E-state index in [-0.39, 0.29) is 11.7 Å². The molecule has 11 heteroatoms. The van der Waals surface area contributed by atoms with Crippen LogP contribution < -0.4 is 14.8 Å². The summed E-state index contributed by atoms with van der Waals surface area (Å²) in [5.41, 5.74) is 4.28. The molecule has 3 aromatic rings. The van der Waals surface area contributed by atoms with E-state index in [1.54, 1.807) is 4.52 Å². The van der Waals surface area contributed by atoms with Crippen LogP contribution in [0.5, 0.6) is 11.5 Å². The number of fused-ring (bicyclic) bond motifs is 1. The van der Waals surface area contributed by atoms with Crippen LogP contribution in [0, 0.1) is 18.3 Å². The Balaban J connectivity index is 1.42. The highest BCUT2D eigenvalue weighted by Crippen LogP contribution is 2.38. The maximum atomic E-state index is 13.9. The standard InChI is InChI=1S/C34H44F2N6O3/c1-6-37-27-8-10-28(11-9-27)41-14-13-30(40(5)15-16-41)23(3)22(2)25-17-31(34-32(44-24(4)35)19-39-42(34)20-25)45-33(21-43)29-12-7-26(36)18-38-29/h1,7,12,17-20,22,24,27-28,33,37,43H,8-11,13-16,21H2,2-5H3/b30-23-. The molecule has 2 aliphatic rings. The second kappa shape index (κ2) is 14.5. The van der Waals surface area contributed by atoms with E-state index in [4.69, 9.17) is 15.9 Å². The van der Waals surface area contributed by atoms with Gasteiger partial charge in [0.25, 0.3) is 0 Å². The van der Waals surface area contributed by atoms with Gasteiger partial charge in [0.1, 0.15) is 11.6 Å². The number of nitrogens with zero attached hydrogens (tertiary/aromatic N) is 5. The third kappa shape index (κ3) is 7.51. The maximum absolute atomic E-state index is 13.9. The van der Waals surface area contributed by atoms with Crippen molar-refractivity contribution in [3.8, 4) is 24.0 Å². The van der Waals surface area contributed by atoms with Gasteiger partial charge in [-0.3, -0.25) is 9.88 Å². The fourth-order valence-corrected chi connectivity index (χ4v) is 6.62. The number of rotatable bonds is 10. The second-order valence-corrected chi connectivity index (χ2v) is 12.1. The zero-order valence-corrected chi connectivity index (χ0v) is 26.5. The minimum absolute atomic E-state index is 0.00350. The molecule has 2 fully saturated rings. The zero-order chi connectivity index (χ0) is 32.1. The van der Waals surface area contributed by atoms with Crippen LogP contribution in [0.1, 0.15) is 76.2 Å². The van der Waals surface area contributed by atoms with Crippen molar-refractivity contribution in [1.82, 2.24) is 29.7 Å². The number of pyridine rings is 2. The number of nitrogens with one attached hydrogen (secondary N) is 1. The minimum Gasteiger partial charge on any atom is -0.479 e. The van der Waals surface area contributed by atoms with Gasteiger partial charge in [0.15, 0.2) is 17.4 Å². The molecule has 0 bridgehead atoms. The largest absolute Gasteiger partial charge is 0.479 e. The van der Waals surface area contributed by atoms with E-state index in [0.717, 1.165) is 63.5 Å². The van der Waals surface area contributed by atoms with Crippen molar-refractivity contribution in [3.63, 3.8) is 0 Å². The molecule has 1 aliphatic heterocycles. The Bertz CT molecular complexity index is 1510. The molecule has 0 spiro atoms. The minimum atomic E-state index is -1.57. The Hall–Kier alpha value is -3.88. The van der Waals surface area contributed by atoms with Crippen molar-refractivity contribution in [2.45, 2.75) is 83.3 Å². The number of halogens is 2. The highest BCUT2D eigenvalue weighted by molar-refractivity contribution is 5.70. The van der Waals surface area contributed by atoms with E-state index < -0.39 is 24.9 Å². The van der Waals surface area contributed by atoms with Crippen molar-refractivity contribution >= 4 is 5.52 Å². The molecule has 0 amide bonds. The van der Waals surface area contributed by atoms with Crippen molar-refractivity contribution in [2.24, 2.45) is 0 Å². The molecule has 1 saturated carbocycles. The van der Waals surface area contributed by atoms with Gasteiger partial charge in [-0.15, -0.1) is 0 Å². The molecule has 3 aromatic heterocycles. The third-order valence-corrected chi connectivity index (χ3v) is 9.29. The van der Waals surface area contributed by atoms with Gasteiger partial charge in [0, 0.05) is 76.0 Å². The van der Waals surface area contributed by atoms with Gasteiger partial charge in [-0.1, -0.05) is 13.3 Å². The van der Waals surface area contributed by atoms with E-state index >= 15 is 0 Å². The SMILES string of the molecule is C#CNC1CCC(N2CC/C(=C(\C)C(C)c3cc(OC(CO)c4ccc(F)cn4)c4c(OC(C)F)cnn4c3)N(C)CC2)CC1. The Morgan fingerprint density at radius 1 is 1.13 bits per heavy atom. The first-order valence-corrected chi connectivity index (χ1v) is 15.7. The highest BCUT2D eigenvalue weighted by Gasteiger charge is 2.29. The molecule has 0 aromatic carbocycles. The lowest BCUT2D eigenvalue weighted by Crippen LogP contribution is -2.43. The normalized spacial score (nSPS) is 22.7. The van der Waals surface area contributed by atoms with Gasteiger partial charge in [0.2, 0.25) is 6.36 Å². The fraction of sp³-hybridized carbons (Fsp3) is 0.529. The molecule has 2 N–H and O–H groups in total. The number of allylic oxidation sites excluding steroid dienone is 1. The number of aromatic nitrogens is 3. The van der Waals surface area contributed by atoms with Gasteiger partial charge in [-0.05, 0) is 61.9 Å². The van der Waals surface area contributed by atoms with Crippen LogP contribution in [-0.4, -0.2) is 81.2 Å². The van der Waals surface area contributed by atoms with Gasteiger partial charge >= 0.3 is 0 Å². The monoisotopic (exact) mass is 622 g/mol. The molecule has 242 valence electrons. The maximum Gasteiger partial charge on any atom is 0.236 e. The van der Waals surface area contributed by atoms with Crippen LogP contribution >= 0.6 is 0 Å². The number of terminal acetylenes is 1. The second-order valence-electron chi connectivity index (χ2n) is 12.1. The van der Waals surface area contributed by atoms with Crippen LogP contribution in [0.4, 0.5) is 8.78 Å². The first-order chi connectivity index (χ1) is 21.7. The van der Waals surface area contributed by atoms with Crippen LogP contribution in [0.2, 0.25) is 0 Å². The number of aliphatic hydroxyl groups is 1. The number of hydrogen-bond donors (Lipinski definition) is 2. The summed E-state index contributed by atoms with van der Waals surface area (Å²) in [4.78, 5) is 9.11. The summed E-state index contributed by atoms with van der Waals surface area (Å²) < 4.78 is 40.8. The Labute approximate surface area is 264 Å². The summed E-state index contributed by atoms with van der Waals surface area (Å²) in [5.74, 6) is 0.0738. The number of ether oxygens (including phenoxy) is 2.